The van der Waals surface area contributed by atoms with Crippen molar-refractivity contribution < 1.29 is 14.3 Å². The Kier molecular flexibility index (Phi) is 6.56. The van der Waals surface area contributed by atoms with E-state index in [9.17, 15) is 9.59 Å². The molecule has 3 rings (SSSR count). The number of amides is 3. The molecule has 2 aromatic rings. The van der Waals surface area contributed by atoms with E-state index in [1.54, 1.807) is 14.0 Å². The fourth-order valence-corrected chi connectivity index (χ4v) is 3.89. The number of methoxy groups -OCH3 is 1. The van der Waals surface area contributed by atoms with Crippen molar-refractivity contribution in [2.24, 2.45) is 0 Å². The molecule has 1 aromatic carbocycles. The molecule has 0 saturated carbocycles. The summed E-state index contributed by atoms with van der Waals surface area (Å²) in [5, 5.41) is 11.6. The molecule has 0 spiro atoms. The van der Waals surface area contributed by atoms with Crippen molar-refractivity contribution in [3.05, 3.63) is 24.3 Å². The molecule has 0 aliphatic carbocycles. The van der Waals surface area contributed by atoms with Crippen LogP contribution in [0.15, 0.2) is 29.4 Å². The minimum atomic E-state index is -0.433. The number of rotatable bonds is 8. The lowest BCUT2D eigenvalue weighted by Crippen LogP contribution is -2.39. The van der Waals surface area contributed by atoms with E-state index < -0.39 is 5.25 Å². The van der Waals surface area contributed by atoms with Crippen LogP contribution in [-0.4, -0.2) is 57.1 Å². The molecule has 28 heavy (non-hydrogen) atoms. The van der Waals surface area contributed by atoms with Crippen LogP contribution in [0.4, 0.5) is 4.79 Å². The summed E-state index contributed by atoms with van der Waals surface area (Å²) in [4.78, 5) is 25.6. The first-order valence-corrected chi connectivity index (χ1v) is 10.3. The van der Waals surface area contributed by atoms with Crippen molar-refractivity contribution in [3.63, 3.8) is 0 Å². The molecule has 2 heterocycles. The lowest BCUT2D eigenvalue weighted by Gasteiger charge is -2.17. The number of urea groups is 1. The standard InChI is InChI=1S/C19H25N5O3S/c1-4-5-11-23-16(14-6-8-15(27-3)9-7-14)21-22-19(23)28-13(2)17(25)24-12-10-20-18(24)26/h6-9,13H,4-5,10-12H2,1-3H3,(H,20,26)/t13-/m0/s1. The predicted octanol–water partition coefficient (Wildman–Crippen LogP) is 2.79. The smallest absolute Gasteiger partial charge is 0.324 e. The average Bonchev–Trinajstić information content (AvgIpc) is 3.31. The maximum Gasteiger partial charge on any atom is 0.324 e. The zero-order valence-electron chi connectivity index (χ0n) is 16.3. The van der Waals surface area contributed by atoms with E-state index in [2.05, 4.69) is 22.4 Å². The van der Waals surface area contributed by atoms with Gasteiger partial charge in [-0.05, 0) is 37.6 Å². The highest BCUT2D eigenvalue weighted by atomic mass is 32.2. The van der Waals surface area contributed by atoms with Crippen molar-refractivity contribution in [3.8, 4) is 17.1 Å². The SMILES string of the molecule is CCCCn1c(S[C@@H](C)C(=O)N2CCNC2=O)nnc1-c1ccc(OC)cc1. The first kappa shape index (κ1) is 20.2. The molecule has 0 unspecified atom stereocenters. The average molecular weight is 404 g/mol. The van der Waals surface area contributed by atoms with Crippen LogP contribution in [0.2, 0.25) is 0 Å². The van der Waals surface area contributed by atoms with Crippen LogP contribution in [0.1, 0.15) is 26.7 Å². The van der Waals surface area contributed by atoms with Gasteiger partial charge in [-0.25, -0.2) is 4.79 Å². The molecule has 8 nitrogen and oxygen atoms in total. The van der Waals surface area contributed by atoms with Crippen LogP contribution in [-0.2, 0) is 11.3 Å². The molecule has 0 radical (unpaired) electrons. The summed E-state index contributed by atoms with van der Waals surface area (Å²) in [6.45, 7) is 5.59. The molecule has 3 amide bonds. The number of hydrogen-bond donors (Lipinski definition) is 1. The third-order valence-corrected chi connectivity index (χ3v) is 5.62. The lowest BCUT2D eigenvalue weighted by molar-refractivity contribution is -0.126. The van der Waals surface area contributed by atoms with E-state index in [0.717, 1.165) is 36.5 Å². The van der Waals surface area contributed by atoms with E-state index in [0.29, 0.717) is 18.2 Å². The number of thioether (sulfide) groups is 1. The minimum Gasteiger partial charge on any atom is -0.497 e. The number of nitrogens with one attached hydrogen (secondary N) is 1. The van der Waals surface area contributed by atoms with E-state index in [4.69, 9.17) is 4.74 Å². The van der Waals surface area contributed by atoms with Gasteiger partial charge >= 0.3 is 6.03 Å². The summed E-state index contributed by atoms with van der Waals surface area (Å²) in [5.41, 5.74) is 0.939. The second-order valence-electron chi connectivity index (χ2n) is 6.52. The van der Waals surface area contributed by atoms with Gasteiger partial charge < -0.3 is 14.6 Å². The zero-order valence-corrected chi connectivity index (χ0v) is 17.2. The monoisotopic (exact) mass is 403 g/mol. The molecule has 1 N–H and O–H groups in total. The summed E-state index contributed by atoms with van der Waals surface area (Å²) < 4.78 is 7.27. The van der Waals surface area contributed by atoms with Crippen molar-refractivity contribution in [1.29, 1.82) is 0 Å². The maximum absolute atomic E-state index is 12.6. The van der Waals surface area contributed by atoms with Crippen LogP contribution in [0.25, 0.3) is 11.4 Å². The van der Waals surface area contributed by atoms with E-state index in [-0.39, 0.29) is 11.9 Å². The molecular weight excluding hydrogens is 378 g/mol. The molecule has 150 valence electrons. The van der Waals surface area contributed by atoms with Crippen molar-refractivity contribution >= 4 is 23.7 Å². The highest BCUT2D eigenvalue weighted by Gasteiger charge is 2.31. The minimum absolute atomic E-state index is 0.212. The van der Waals surface area contributed by atoms with Gasteiger partial charge in [0.25, 0.3) is 0 Å². The molecular formula is C19H25N5O3S. The lowest BCUT2D eigenvalue weighted by atomic mass is 10.2. The van der Waals surface area contributed by atoms with Crippen molar-refractivity contribution in [1.82, 2.24) is 25.0 Å². The Hall–Kier alpha value is -2.55. The third-order valence-electron chi connectivity index (χ3n) is 4.55. The Morgan fingerprint density at radius 2 is 2.07 bits per heavy atom. The maximum atomic E-state index is 12.6. The molecule has 1 saturated heterocycles. The van der Waals surface area contributed by atoms with Gasteiger partial charge in [0.1, 0.15) is 5.75 Å². The molecule has 1 aliphatic heterocycles. The summed E-state index contributed by atoms with van der Waals surface area (Å²) >= 11 is 1.33. The Morgan fingerprint density at radius 1 is 1.32 bits per heavy atom. The van der Waals surface area contributed by atoms with Gasteiger partial charge in [-0.3, -0.25) is 9.69 Å². The Bertz CT molecular complexity index is 837. The van der Waals surface area contributed by atoms with Gasteiger partial charge in [0, 0.05) is 25.2 Å². The fourth-order valence-electron chi connectivity index (χ4n) is 2.96. The Balaban J connectivity index is 1.82. The first-order valence-electron chi connectivity index (χ1n) is 9.38. The number of imide groups is 1. The van der Waals surface area contributed by atoms with E-state index in [1.165, 1.54) is 16.7 Å². The number of ether oxygens (including phenoxy) is 1. The van der Waals surface area contributed by atoms with Crippen LogP contribution < -0.4 is 10.1 Å². The van der Waals surface area contributed by atoms with Gasteiger partial charge in [-0.15, -0.1) is 10.2 Å². The summed E-state index contributed by atoms with van der Waals surface area (Å²) in [6, 6.07) is 7.34. The van der Waals surface area contributed by atoms with Gasteiger partial charge in [-0.1, -0.05) is 25.1 Å². The number of benzene rings is 1. The first-order chi connectivity index (χ1) is 13.5. The van der Waals surface area contributed by atoms with Crippen LogP contribution in [0.5, 0.6) is 5.75 Å². The van der Waals surface area contributed by atoms with Gasteiger partial charge in [-0.2, -0.15) is 0 Å². The number of carbonyl (C=O) groups excluding carboxylic acids is 2. The predicted molar refractivity (Wildman–Crippen MR) is 107 cm³/mol. The quantitative estimate of drug-likeness (QED) is 0.682. The summed E-state index contributed by atoms with van der Waals surface area (Å²) in [7, 11) is 1.63. The van der Waals surface area contributed by atoms with Gasteiger partial charge in [0.05, 0.1) is 12.4 Å². The second-order valence-corrected chi connectivity index (χ2v) is 7.83. The summed E-state index contributed by atoms with van der Waals surface area (Å²) in [6.07, 6.45) is 2.01. The van der Waals surface area contributed by atoms with Crippen LogP contribution >= 0.6 is 11.8 Å². The van der Waals surface area contributed by atoms with Crippen LogP contribution in [0.3, 0.4) is 0 Å². The highest BCUT2D eigenvalue weighted by molar-refractivity contribution is 8.00. The normalized spacial score (nSPS) is 14.8. The number of carbonyl (C=O) groups is 2. The molecule has 9 heteroatoms. The largest absolute Gasteiger partial charge is 0.497 e. The molecule has 1 fully saturated rings. The number of nitrogens with zero attached hydrogens (tertiary/aromatic N) is 4. The van der Waals surface area contributed by atoms with E-state index in [1.807, 2.05) is 28.8 Å². The van der Waals surface area contributed by atoms with Crippen molar-refractivity contribution in [2.75, 3.05) is 20.2 Å². The Morgan fingerprint density at radius 3 is 2.68 bits per heavy atom. The molecule has 1 atom stereocenters. The number of hydrogen-bond acceptors (Lipinski definition) is 6. The number of unbranched alkanes of at least 4 members (excludes halogenated alkanes) is 1. The van der Waals surface area contributed by atoms with Crippen LogP contribution in [0, 0.1) is 0 Å². The number of aromatic nitrogens is 3. The fraction of sp³-hybridized carbons (Fsp3) is 0.474. The summed E-state index contributed by atoms with van der Waals surface area (Å²) in [5.74, 6) is 1.33. The van der Waals surface area contributed by atoms with Gasteiger partial charge in [0.2, 0.25) is 5.91 Å². The second kappa shape index (κ2) is 9.09. The zero-order chi connectivity index (χ0) is 20.1. The Labute approximate surface area is 168 Å². The van der Waals surface area contributed by atoms with E-state index >= 15 is 0 Å². The third kappa shape index (κ3) is 4.30. The highest BCUT2D eigenvalue weighted by Crippen LogP contribution is 2.29. The molecule has 1 aromatic heterocycles. The van der Waals surface area contributed by atoms with Gasteiger partial charge in [0.15, 0.2) is 11.0 Å². The molecule has 1 aliphatic rings. The topological polar surface area (TPSA) is 89.4 Å². The molecule has 0 bridgehead atoms. The van der Waals surface area contributed by atoms with Crippen molar-refractivity contribution in [2.45, 2.75) is 43.6 Å².